The average molecular weight is 443 g/mol. The van der Waals surface area contributed by atoms with Gasteiger partial charge in [-0.1, -0.05) is 43.3 Å². The summed E-state index contributed by atoms with van der Waals surface area (Å²) >= 11 is 0. The van der Waals surface area contributed by atoms with Gasteiger partial charge in [-0.3, -0.25) is 14.7 Å². The second kappa shape index (κ2) is 11.6. The first-order valence-electron chi connectivity index (χ1n) is 12.0. The van der Waals surface area contributed by atoms with Gasteiger partial charge < -0.3 is 10.2 Å². The number of carbonyl (C=O) groups is 1. The molecule has 2 heterocycles. The van der Waals surface area contributed by atoms with Gasteiger partial charge >= 0.3 is 0 Å². The quantitative estimate of drug-likeness (QED) is 0.527. The Bertz CT molecular complexity index is 1010. The molecule has 4 rings (SSSR count). The minimum atomic E-state index is 0.0676. The Morgan fingerprint density at radius 2 is 1.52 bits per heavy atom. The Morgan fingerprint density at radius 1 is 0.848 bits per heavy atom. The molecule has 2 aromatic carbocycles. The molecule has 3 aromatic rings. The lowest BCUT2D eigenvalue weighted by atomic mass is 10.1. The van der Waals surface area contributed by atoms with E-state index in [1.165, 1.54) is 16.7 Å². The van der Waals surface area contributed by atoms with Crippen LogP contribution in [0, 0.1) is 0 Å². The van der Waals surface area contributed by atoms with E-state index in [-0.39, 0.29) is 5.91 Å². The summed E-state index contributed by atoms with van der Waals surface area (Å²) in [7, 11) is 0. The zero-order valence-electron chi connectivity index (χ0n) is 19.5. The highest BCUT2D eigenvalue weighted by atomic mass is 16.1. The summed E-state index contributed by atoms with van der Waals surface area (Å²) in [4.78, 5) is 21.7. The SMILES string of the molecule is CCc1ccc(CCC(=O)Nc2ccccc2N2CCN(CCc3ccncc3)CC2)cc1. The van der Waals surface area contributed by atoms with Crippen molar-refractivity contribution in [2.45, 2.75) is 32.6 Å². The summed E-state index contributed by atoms with van der Waals surface area (Å²) in [5.74, 6) is 0.0676. The molecule has 0 saturated carbocycles. The maximum atomic E-state index is 12.7. The van der Waals surface area contributed by atoms with Crippen molar-refractivity contribution in [3.05, 3.63) is 89.7 Å². The standard InChI is InChI=1S/C28H34N4O/c1-2-23-7-9-24(10-8-23)11-12-28(33)30-26-5-3-4-6-27(26)32-21-19-31(20-22-32)18-15-25-13-16-29-17-14-25/h3-10,13-14,16-17H,2,11-12,15,18-22H2,1H3,(H,30,33). The largest absolute Gasteiger partial charge is 0.367 e. The summed E-state index contributed by atoms with van der Waals surface area (Å²) < 4.78 is 0. The van der Waals surface area contributed by atoms with E-state index in [1.54, 1.807) is 0 Å². The molecule has 33 heavy (non-hydrogen) atoms. The molecule has 172 valence electrons. The lowest BCUT2D eigenvalue weighted by Gasteiger charge is -2.37. The first-order chi connectivity index (χ1) is 16.2. The molecule has 0 unspecified atom stereocenters. The van der Waals surface area contributed by atoms with Crippen molar-refractivity contribution in [1.29, 1.82) is 0 Å². The van der Waals surface area contributed by atoms with Gasteiger partial charge in [0.05, 0.1) is 11.4 Å². The fraction of sp³-hybridized carbons (Fsp3) is 0.357. The van der Waals surface area contributed by atoms with Crippen LogP contribution in [0.25, 0.3) is 0 Å². The zero-order chi connectivity index (χ0) is 22.9. The highest BCUT2D eigenvalue weighted by molar-refractivity contribution is 5.94. The average Bonchev–Trinajstić information content (AvgIpc) is 2.88. The van der Waals surface area contributed by atoms with E-state index in [1.807, 2.05) is 24.5 Å². The Kier molecular flexibility index (Phi) is 8.09. The van der Waals surface area contributed by atoms with Gasteiger partial charge in [0.1, 0.15) is 0 Å². The molecular weight excluding hydrogens is 408 g/mol. The topological polar surface area (TPSA) is 48.5 Å². The number of piperazine rings is 1. The van der Waals surface area contributed by atoms with Crippen molar-refractivity contribution < 1.29 is 4.79 Å². The van der Waals surface area contributed by atoms with Gasteiger partial charge in [-0.05, 0) is 60.2 Å². The normalized spacial score (nSPS) is 14.3. The number of carbonyl (C=O) groups excluding carboxylic acids is 1. The molecule has 5 heteroatoms. The van der Waals surface area contributed by atoms with E-state index in [4.69, 9.17) is 0 Å². The lowest BCUT2D eigenvalue weighted by Crippen LogP contribution is -2.47. The Hall–Kier alpha value is -3.18. The van der Waals surface area contributed by atoms with Crippen LogP contribution in [-0.2, 0) is 24.1 Å². The molecule has 0 radical (unpaired) electrons. The first kappa shape index (κ1) is 23.0. The first-order valence-corrected chi connectivity index (χ1v) is 12.0. The van der Waals surface area contributed by atoms with Gasteiger partial charge in [-0.2, -0.15) is 0 Å². The molecule has 1 fully saturated rings. The lowest BCUT2D eigenvalue weighted by molar-refractivity contribution is -0.116. The van der Waals surface area contributed by atoms with Crippen LogP contribution in [0.4, 0.5) is 11.4 Å². The van der Waals surface area contributed by atoms with Crippen LogP contribution in [-0.4, -0.2) is 48.5 Å². The molecule has 0 spiro atoms. The van der Waals surface area contributed by atoms with Gasteiger partial charge in [-0.25, -0.2) is 0 Å². The molecular formula is C28H34N4O. The molecule has 1 saturated heterocycles. The number of aromatic nitrogens is 1. The van der Waals surface area contributed by atoms with Crippen molar-refractivity contribution in [3.63, 3.8) is 0 Å². The van der Waals surface area contributed by atoms with Gasteiger partial charge in [0.15, 0.2) is 0 Å². The monoisotopic (exact) mass is 442 g/mol. The number of nitrogens with zero attached hydrogens (tertiary/aromatic N) is 3. The predicted molar refractivity (Wildman–Crippen MR) is 136 cm³/mol. The van der Waals surface area contributed by atoms with E-state index in [0.717, 1.165) is 63.4 Å². The van der Waals surface area contributed by atoms with Crippen LogP contribution in [0.2, 0.25) is 0 Å². The summed E-state index contributed by atoms with van der Waals surface area (Å²) in [6, 6.07) is 20.9. The van der Waals surface area contributed by atoms with E-state index >= 15 is 0 Å². The number of nitrogens with one attached hydrogen (secondary N) is 1. The number of rotatable bonds is 9. The van der Waals surface area contributed by atoms with Crippen LogP contribution >= 0.6 is 0 Å². The van der Waals surface area contributed by atoms with Gasteiger partial charge in [0.2, 0.25) is 5.91 Å². The predicted octanol–water partition coefficient (Wildman–Crippen LogP) is 4.58. The number of anilines is 2. The number of hydrogen-bond acceptors (Lipinski definition) is 4. The number of pyridine rings is 1. The van der Waals surface area contributed by atoms with Gasteiger partial charge in [-0.15, -0.1) is 0 Å². The molecule has 1 aliphatic heterocycles. The zero-order valence-corrected chi connectivity index (χ0v) is 19.5. The van der Waals surface area contributed by atoms with Crippen molar-refractivity contribution in [2.75, 3.05) is 42.9 Å². The Balaban J connectivity index is 1.27. The minimum absolute atomic E-state index is 0.0676. The maximum absolute atomic E-state index is 12.7. The third kappa shape index (κ3) is 6.65. The Morgan fingerprint density at radius 3 is 2.24 bits per heavy atom. The second-order valence-electron chi connectivity index (χ2n) is 8.67. The van der Waals surface area contributed by atoms with E-state index in [2.05, 4.69) is 75.6 Å². The van der Waals surface area contributed by atoms with Crippen molar-refractivity contribution in [1.82, 2.24) is 9.88 Å². The number of benzene rings is 2. The van der Waals surface area contributed by atoms with Crippen molar-refractivity contribution in [2.24, 2.45) is 0 Å². The highest BCUT2D eigenvalue weighted by Gasteiger charge is 2.19. The van der Waals surface area contributed by atoms with E-state index in [9.17, 15) is 4.79 Å². The van der Waals surface area contributed by atoms with Crippen molar-refractivity contribution >= 4 is 17.3 Å². The molecule has 0 bridgehead atoms. The van der Waals surface area contributed by atoms with Crippen LogP contribution in [0.3, 0.4) is 0 Å². The number of hydrogen-bond donors (Lipinski definition) is 1. The van der Waals surface area contributed by atoms with Crippen molar-refractivity contribution in [3.8, 4) is 0 Å². The molecule has 0 aliphatic carbocycles. The highest BCUT2D eigenvalue weighted by Crippen LogP contribution is 2.27. The fourth-order valence-corrected chi connectivity index (χ4v) is 4.32. The second-order valence-corrected chi connectivity index (χ2v) is 8.67. The van der Waals surface area contributed by atoms with Crippen LogP contribution in [0.15, 0.2) is 73.1 Å². The molecule has 1 N–H and O–H groups in total. The molecule has 5 nitrogen and oxygen atoms in total. The third-order valence-corrected chi connectivity index (χ3v) is 6.43. The number of amides is 1. The smallest absolute Gasteiger partial charge is 0.224 e. The van der Waals surface area contributed by atoms with Crippen LogP contribution < -0.4 is 10.2 Å². The summed E-state index contributed by atoms with van der Waals surface area (Å²) in [6.45, 7) is 7.21. The fourth-order valence-electron chi connectivity index (χ4n) is 4.32. The summed E-state index contributed by atoms with van der Waals surface area (Å²) in [5.41, 5.74) is 5.90. The summed E-state index contributed by atoms with van der Waals surface area (Å²) in [6.07, 6.45) is 7.06. The Labute approximate surface area is 197 Å². The molecule has 1 aromatic heterocycles. The minimum Gasteiger partial charge on any atom is -0.367 e. The van der Waals surface area contributed by atoms with E-state index < -0.39 is 0 Å². The third-order valence-electron chi connectivity index (χ3n) is 6.43. The molecule has 0 atom stereocenters. The maximum Gasteiger partial charge on any atom is 0.224 e. The summed E-state index contributed by atoms with van der Waals surface area (Å²) in [5, 5.41) is 3.16. The van der Waals surface area contributed by atoms with Crippen LogP contribution in [0.1, 0.15) is 30.0 Å². The molecule has 1 amide bonds. The number of para-hydroxylation sites is 2. The number of aryl methyl sites for hydroxylation is 2. The van der Waals surface area contributed by atoms with Gasteiger partial charge in [0.25, 0.3) is 0 Å². The van der Waals surface area contributed by atoms with Gasteiger partial charge in [0, 0.05) is 51.5 Å². The van der Waals surface area contributed by atoms with E-state index in [0.29, 0.717) is 6.42 Å². The molecule has 1 aliphatic rings. The van der Waals surface area contributed by atoms with Crippen LogP contribution in [0.5, 0.6) is 0 Å².